The Balaban J connectivity index is 2.28. The molecule has 1 heterocycles. The van der Waals surface area contributed by atoms with Gasteiger partial charge in [-0.1, -0.05) is 12.1 Å². The standard InChI is InChI=1S/C11H14FNO/c1-7-6-8(2-3-9(7)12)11-10(13)4-5-14-11/h2-3,6,10-11H,4-5,13H2,1H3. The number of benzene rings is 1. The molecule has 1 aromatic rings. The molecule has 2 atom stereocenters. The van der Waals surface area contributed by atoms with Crippen molar-refractivity contribution in [3.8, 4) is 0 Å². The first-order valence-corrected chi connectivity index (χ1v) is 4.81. The van der Waals surface area contributed by atoms with Crippen molar-refractivity contribution in [3.63, 3.8) is 0 Å². The van der Waals surface area contributed by atoms with Gasteiger partial charge in [0.2, 0.25) is 0 Å². The van der Waals surface area contributed by atoms with E-state index in [0.29, 0.717) is 12.2 Å². The first-order valence-electron chi connectivity index (χ1n) is 4.81. The molecule has 14 heavy (non-hydrogen) atoms. The van der Waals surface area contributed by atoms with Gasteiger partial charge in [-0.3, -0.25) is 0 Å². The summed E-state index contributed by atoms with van der Waals surface area (Å²) in [6.07, 6.45) is 0.815. The van der Waals surface area contributed by atoms with E-state index < -0.39 is 0 Å². The third-order valence-corrected chi connectivity index (χ3v) is 2.65. The van der Waals surface area contributed by atoms with Crippen molar-refractivity contribution in [1.29, 1.82) is 0 Å². The number of hydrogen-bond acceptors (Lipinski definition) is 2. The average molecular weight is 195 g/mol. The van der Waals surface area contributed by atoms with Crippen LogP contribution in [-0.4, -0.2) is 12.6 Å². The highest BCUT2D eigenvalue weighted by Gasteiger charge is 2.26. The zero-order valence-corrected chi connectivity index (χ0v) is 8.16. The minimum Gasteiger partial charge on any atom is -0.372 e. The molecule has 1 aromatic carbocycles. The number of halogens is 1. The lowest BCUT2D eigenvalue weighted by molar-refractivity contribution is 0.105. The summed E-state index contributed by atoms with van der Waals surface area (Å²) in [6, 6.07) is 5.07. The van der Waals surface area contributed by atoms with Gasteiger partial charge in [0.1, 0.15) is 5.82 Å². The van der Waals surface area contributed by atoms with Crippen LogP contribution in [0.5, 0.6) is 0 Å². The fourth-order valence-corrected chi connectivity index (χ4v) is 1.79. The van der Waals surface area contributed by atoms with E-state index in [1.807, 2.05) is 6.07 Å². The minimum absolute atomic E-state index is 0.0415. The summed E-state index contributed by atoms with van der Waals surface area (Å²) in [7, 11) is 0. The van der Waals surface area contributed by atoms with Crippen molar-refractivity contribution in [2.24, 2.45) is 5.73 Å². The van der Waals surface area contributed by atoms with E-state index in [4.69, 9.17) is 10.5 Å². The van der Waals surface area contributed by atoms with Crippen LogP contribution in [0, 0.1) is 12.7 Å². The molecule has 0 aromatic heterocycles. The van der Waals surface area contributed by atoms with Crippen molar-refractivity contribution >= 4 is 0 Å². The van der Waals surface area contributed by atoms with Gasteiger partial charge in [-0.15, -0.1) is 0 Å². The van der Waals surface area contributed by atoms with E-state index in [-0.39, 0.29) is 18.0 Å². The highest BCUT2D eigenvalue weighted by Crippen LogP contribution is 2.28. The van der Waals surface area contributed by atoms with Crippen LogP contribution in [0.2, 0.25) is 0 Å². The zero-order valence-electron chi connectivity index (χ0n) is 8.16. The second-order valence-corrected chi connectivity index (χ2v) is 3.75. The Morgan fingerprint density at radius 1 is 1.50 bits per heavy atom. The Bertz CT molecular complexity index is 340. The Kier molecular flexibility index (Phi) is 2.52. The van der Waals surface area contributed by atoms with Gasteiger partial charge in [-0.05, 0) is 30.5 Å². The number of ether oxygens (including phenoxy) is 1. The number of aryl methyl sites for hydroxylation is 1. The van der Waals surface area contributed by atoms with E-state index >= 15 is 0 Å². The molecule has 0 spiro atoms. The zero-order chi connectivity index (χ0) is 10.1. The smallest absolute Gasteiger partial charge is 0.126 e. The molecule has 1 aliphatic rings. The maximum Gasteiger partial charge on any atom is 0.126 e. The van der Waals surface area contributed by atoms with E-state index in [1.165, 1.54) is 6.07 Å². The third-order valence-electron chi connectivity index (χ3n) is 2.65. The molecule has 2 rings (SSSR count). The molecule has 0 aliphatic carbocycles. The minimum atomic E-state index is -0.180. The molecule has 1 saturated heterocycles. The van der Waals surface area contributed by atoms with Gasteiger partial charge in [0.15, 0.2) is 0 Å². The van der Waals surface area contributed by atoms with Crippen molar-refractivity contribution in [2.75, 3.05) is 6.61 Å². The molecule has 2 unspecified atom stereocenters. The third kappa shape index (κ3) is 1.65. The molecule has 2 N–H and O–H groups in total. The Morgan fingerprint density at radius 3 is 2.86 bits per heavy atom. The summed E-state index contributed by atoms with van der Waals surface area (Å²) >= 11 is 0. The highest BCUT2D eigenvalue weighted by molar-refractivity contribution is 5.27. The molecule has 0 bridgehead atoms. The highest BCUT2D eigenvalue weighted by atomic mass is 19.1. The molecule has 1 fully saturated rings. The predicted molar refractivity (Wildman–Crippen MR) is 52.4 cm³/mol. The lowest BCUT2D eigenvalue weighted by Gasteiger charge is -2.15. The molecule has 0 radical (unpaired) electrons. The monoisotopic (exact) mass is 195 g/mol. The normalized spacial score (nSPS) is 26.8. The predicted octanol–water partition coefficient (Wildman–Crippen LogP) is 1.92. The molecular formula is C11H14FNO. The molecule has 0 saturated carbocycles. The van der Waals surface area contributed by atoms with Crippen LogP contribution in [0.3, 0.4) is 0 Å². The summed E-state index contributed by atoms with van der Waals surface area (Å²) in [5.41, 5.74) is 7.50. The van der Waals surface area contributed by atoms with E-state index in [1.54, 1.807) is 13.0 Å². The lowest BCUT2D eigenvalue weighted by atomic mass is 10.0. The van der Waals surface area contributed by atoms with Gasteiger partial charge in [0.05, 0.1) is 6.10 Å². The van der Waals surface area contributed by atoms with Crippen LogP contribution >= 0.6 is 0 Å². The van der Waals surface area contributed by atoms with Gasteiger partial charge in [0, 0.05) is 12.6 Å². The van der Waals surface area contributed by atoms with E-state index in [2.05, 4.69) is 0 Å². The van der Waals surface area contributed by atoms with Gasteiger partial charge in [-0.2, -0.15) is 0 Å². The number of nitrogens with two attached hydrogens (primary N) is 1. The van der Waals surface area contributed by atoms with Crippen LogP contribution in [-0.2, 0) is 4.74 Å². The first-order chi connectivity index (χ1) is 6.68. The van der Waals surface area contributed by atoms with Gasteiger partial charge < -0.3 is 10.5 Å². The SMILES string of the molecule is Cc1cc(C2OCCC2N)ccc1F. The van der Waals surface area contributed by atoms with Gasteiger partial charge >= 0.3 is 0 Å². The number of hydrogen-bond donors (Lipinski definition) is 1. The van der Waals surface area contributed by atoms with Crippen molar-refractivity contribution in [2.45, 2.75) is 25.5 Å². The molecule has 1 aliphatic heterocycles. The second-order valence-electron chi connectivity index (χ2n) is 3.75. The quantitative estimate of drug-likeness (QED) is 0.743. The van der Waals surface area contributed by atoms with Crippen LogP contribution in [0.1, 0.15) is 23.7 Å². The second kappa shape index (κ2) is 3.67. The van der Waals surface area contributed by atoms with Crippen LogP contribution in [0.25, 0.3) is 0 Å². The van der Waals surface area contributed by atoms with Crippen LogP contribution in [0.4, 0.5) is 4.39 Å². The molecular weight excluding hydrogens is 181 g/mol. The summed E-state index contributed by atoms with van der Waals surface area (Å²) < 4.78 is 18.5. The van der Waals surface area contributed by atoms with E-state index in [9.17, 15) is 4.39 Å². The molecule has 0 amide bonds. The Labute approximate surface area is 82.9 Å². The van der Waals surface area contributed by atoms with Gasteiger partial charge in [-0.25, -0.2) is 4.39 Å². The van der Waals surface area contributed by atoms with Crippen LogP contribution in [0.15, 0.2) is 18.2 Å². The number of rotatable bonds is 1. The molecule has 3 heteroatoms. The molecule has 76 valence electrons. The lowest BCUT2D eigenvalue weighted by Crippen LogP contribution is -2.23. The van der Waals surface area contributed by atoms with Crippen LogP contribution < -0.4 is 5.73 Å². The fourth-order valence-electron chi connectivity index (χ4n) is 1.79. The first kappa shape index (κ1) is 9.62. The summed E-state index contributed by atoms with van der Waals surface area (Å²) in [4.78, 5) is 0. The van der Waals surface area contributed by atoms with Crippen molar-refractivity contribution in [3.05, 3.63) is 35.1 Å². The summed E-state index contributed by atoms with van der Waals surface area (Å²) in [5, 5.41) is 0. The summed E-state index contributed by atoms with van der Waals surface area (Å²) in [6.45, 7) is 2.45. The maximum absolute atomic E-state index is 13.0. The topological polar surface area (TPSA) is 35.2 Å². The average Bonchev–Trinajstić information content (AvgIpc) is 2.57. The maximum atomic E-state index is 13.0. The Hall–Kier alpha value is -0.930. The fraction of sp³-hybridized carbons (Fsp3) is 0.455. The van der Waals surface area contributed by atoms with E-state index in [0.717, 1.165) is 12.0 Å². The molecule has 2 nitrogen and oxygen atoms in total. The van der Waals surface area contributed by atoms with Gasteiger partial charge in [0.25, 0.3) is 0 Å². The largest absolute Gasteiger partial charge is 0.372 e. The van der Waals surface area contributed by atoms with Crippen molar-refractivity contribution in [1.82, 2.24) is 0 Å². The van der Waals surface area contributed by atoms with Crippen molar-refractivity contribution < 1.29 is 9.13 Å². The Morgan fingerprint density at radius 2 is 2.29 bits per heavy atom. The summed E-state index contributed by atoms with van der Waals surface area (Å²) in [5.74, 6) is -0.180.